The summed E-state index contributed by atoms with van der Waals surface area (Å²) in [4.78, 5) is 22.9. The fourth-order valence-electron chi connectivity index (χ4n) is 1.20. The van der Waals surface area contributed by atoms with Crippen LogP contribution in [0.4, 0.5) is 0 Å². The van der Waals surface area contributed by atoms with Gasteiger partial charge in [0, 0.05) is 12.3 Å². The molecule has 5 heteroatoms. The van der Waals surface area contributed by atoms with Crippen LogP contribution in [-0.4, -0.2) is 27.7 Å². The largest absolute Gasteiger partial charge is 0.394 e. The Labute approximate surface area is 93.7 Å². The van der Waals surface area contributed by atoms with Gasteiger partial charge < -0.3 is 15.0 Å². The molecule has 0 atom stereocenters. The highest BCUT2D eigenvalue weighted by atomic mass is 16.3. The Morgan fingerprint density at radius 3 is 2.75 bits per heavy atom. The van der Waals surface area contributed by atoms with Crippen molar-refractivity contribution in [2.45, 2.75) is 25.9 Å². The van der Waals surface area contributed by atoms with Crippen molar-refractivity contribution < 1.29 is 9.90 Å². The number of pyridine rings is 1. The number of aliphatic hydroxyl groups excluding tert-OH is 1. The maximum Gasteiger partial charge on any atom is 0.250 e. The smallest absolute Gasteiger partial charge is 0.250 e. The summed E-state index contributed by atoms with van der Waals surface area (Å²) in [5.74, 6) is -0.299. The molecule has 0 spiro atoms. The van der Waals surface area contributed by atoms with Gasteiger partial charge in [0.15, 0.2) is 0 Å². The van der Waals surface area contributed by atoms with E-state index in [1.165, 1.54) is 10.6 Å². The predicted molar refractivity (Wildman–Crippen MR) is 60.0 cm³/mol. The van der Waals surface area contributed by atoms with Crippen molar-refractivity contribution in [3.63, 3.8) is 0 Å². The Morgan fingerprint density at radius 2 is 2.19 bits per heavy atom. The summed E-state index contributed by atoms with van der Waals surface area (Å²) in [5, 5.41) is 11.6. The lowest BCUT2D eigenvalue weighted by Gasteiger charge is -2.23. The normalized spacial score (nSPS) is 11.2. The molecule has 0 aliphatic rings. The maximum atomic E-state index is 11.6. The van der Waals surface area contributed by atoms with E-state index in [1.807, 2.05) is 0 Å². The molecule has 1 rings (SSSR count). The molecule has 0 aromatic carbocycles. The SMILES string of the molecule is CC(C)(CO)NC(=O)Cn1ccccc1=O. The second-order valence-corrected chi connectivity index (χ2v) is 4.26. The molecule has 0 unspecified atom stereocenters. The molecule has 2 N–H and O–H groups in total. The third kappa shape index (κ3) is 3.51. The second-order valence-electron chi connectivity index (χ2n) is 4.26. The molecule has 1 aromatic heterocycles. The van der Waals surface area contributed by atoms with E-state index in [1.54, 1.807) is 32.2 Å². The van der Waals surface area contributed by atoms with Crippen molar-refractivity contribution in [3.05, 3.63) is 34.7 Å². The van der Waals surface area contributed by atoms with Gasteiger partial charge in [-0.15, -0.1) is 0 Å². The minimum atomic E-state index is -0.671. The van der Waals surface area contributed by atoms with Crippen LogP contribution in [0.25, 0.3) is 0 Å². The predicted octanol–water partition coefficient (Wildman–Crippen LogP) is -0.265. The summed E-state index contributed by atoms with van der Waals surface area (Å²) >= 11 is 0. The molecule has 0 saturated carbocycles. The van der Waals surface area contributed by atoms with Gasteiger partial charge in [-0.2, -0.15) is 0 Å². The Bertz CT molecular complexity index is 423. The molecule has 1 amide bonds. The fraction of sp³-hybridized carbons (Fsp3) is 0.455. The molecule has 0 radical (unpaired) electrons. The Hall–Kier alpha value is -1.62. The van der Waals surface area contributed by atoms with Crippen molar-refractivity contribution in [1.29, 1.82) is 0 Å². The molecule has 0 aliphatic heterocycles. The molecule has 0 aliphatic carbocycles. The highest BCUT2D eigenvalue weighted by Crippen LogP contribution is 1.99. The topological polar surface area (TPSA) is 71.3 Å². The number of hydrogen-bond donors (Lipinski definition) is 2. The van der Waals surface area contributed by atoms with Crippen LogP contribution < -0.4 is 10.9 Å². The summed E-state index contributed by atoms with van der Waals surface area (Å²) in [6.45, 7) is 3.23. The summed E-state index contributed by atoms with van der Waals surface area (Å²) in [5.41, 5.74) is -0.894. The van der Waals surface area contributed by atoms with Crippen LogP contribution in [0.2, 0.25) is 0 Å². The van der Waals surface area contributed by atoms with Crippen LogP contribution in [0.15, 0.2) is 29.2 Å². The first-order valence-corrected chi connectivity index (χ1v) is 5.02. The van der Waals surface area contributed by atoms with Gasteiger partial charge >= 0.3 is 0 Å². The number of nitrogens with zero attached hydrogens (tertiary/aromatic N) is 1. The van der Waals surface area contributed by atoms with E-state index in [2.05, 4.69) is 5.32 Å². The van der Waals surface area contributed by atoms with E-state index < -0.39 is 5.54 Å². The van der Waals surface area contributed by atoms with E-state index in [-0.39, 0.29) is 24.6 Å². The van der Waals surface area contributed by atoms with Crippen LogP contribution in [0.5, 0.6) is 0 Å². The molecular weight excluding hydrogens is 208 g/mol. The van der Waals surface area contributed by atoms with Crippen LogP contribution in [0.1, 0.15) is 13.8 Å². The molecule has 16 heavy (non-hydrogen) atoms. The zero-order chi connectivity index (χ0) is 12.2. The molecule has 1 aromatic rings. The van der Waals surface area contributed by atoms with Gasteiger partial charge in [0.1, 0.15) is 6.54 Å². The van der Waals surface area contributed by atoms with Gasteiger partial charge in [-0.1, -0.05) is 6.07 Å². The van der Waals surface area contributed by atoms with E-state index in [0.29, 0.717) is 0 Å². The number of aliphatic hydroxyl groups is 1. The summed E-state index contributed by atoms with van der Waals surface area (Å²) in [6, 6.07) is 4.70. The quantitative estimate of drug-likeness (QED) is 0.740. The molecular formula is C11H16N2O3. The van der Waals surface area contributed by atoms with Crippen LogP contribution in [0, 0.1) is 0 Å². The number of hydrogen-bond acceptors (Lipinski definition) is 3. The third-order valence-corrected chi connectivity index (χ3v) is 2.09. The van der Waals surface area contributed by atoms with Crippen LogP contribution >= 0.6 is 0 Å². The minimum absolute atomic E-state index is 0.0386. The lowest BCUT2D eigenvalue weighted by Crippen LogP contribution is -2.48. The average molecular weight is 224 g/mol. The number of carbonyl (C=O) groups is 1. The van der Waals surface area contributed by atoms with Gasteiger partial charge in [0.05, 0.1) is 12.1 Å². The van der Waals surface area contributed by atoms with E-state index in [0.717, 1.165) is 0 Å². The summed E-state index contributed by atoms with van der Waals surface area (Å²) in [7, 11) is 0. The molecule has 0 fully saturated rings. The average Bonchev–Trinajstić information content (AvgIpc) is 2.21. The lowest BCUT2D eigenvalue weighted by molar-refractivity contribution is -0.123. The number of nitrogens with one attached hydrogen (secondary N) is 1. The van der Waals surface area contributed by atoms with Gasteiger partial charge in [-0.3, -0.25) is 9.59 Å². The Kier molecular flexibility index (Phi) is 3.84. The summed E-state index contributed by atoms with van der Waals surface area (Å²) in [6.07, 6.45) is 1.55. The van der Waals surface area contributed by atoms with Crippen LogP contribution in [0.3, 0.4) is 0 Å². The molecule has 0 saturated heterocycles. The minimum Gasteiger partial charge on any atom is -0.394 e. The van der Waals surface area contributed by atoms with Gasteiger partial charge in [-0.05, 0) is 19.9 Å². The van der Waals surface area contributed by atoms with Gasteiger partial charge in [0.25, 0.3) is 5.56 Å². The summed E-state index contributed by atoms with van der Waals surface area (Å²) < 4.78 is 1.31. The zero-order valence-electron chi connectivity index (χ0n) is 9.43. The van der Waals surface area contributed by atoms with E-state index in [4.69, 9.17) is 5.11 Å². The standard InChI is InChI=1S/C11H16N2O3/c1-11(2,8-14)12-9(15)7-13-6-4-3-5-10(13)16/h3-6,14H,7-8H2,1-2H3,(H,12,15). The zero-order valence-corrected chi connectivity index (χ0v) is 9.43. The van der Waals surface area contributed by atoms with E-state index >= 15 is 0 Å². The lowest BCUT2D eigenvalue weighted by atomic mass is 10.1. The molecule has 1 heterocycles. The first kappa shape index (κ1) is 12.4. The fourth-order valence-corrected chi connectivity index (χ4v) is 1.20. The van der Waals surface area contributed by atoms with Crippen molar-refractivity contribution in [3.8, 4) is 0 Å². The Balaban J connectivity index is 2.66. The molecule has 0 bridgehead atoms. The van der Waals surface area contributed by atoms with Crippen molar-refractivity contribution in [2.24, 2.45) is 0 Å². The van der Waals surface area contributed by atoms with Gasteiger partial charge in [0.2, 0.25) is 5.91 Å². The first-order chi connectivity index (χ1) is 7.44. The van der Waals surface area contributed by atoms with E-state index in [9.17, 15) is 9.59 Å². The Morgan fingerprint density at radius 1 is 1.50 bits per heavy atom. The highest BCUT2D eigenvalue weighted by molar-refractivity contribution is 5.76. The molecule has 5 nitrogen and oxygen atoms in total. The highest BCUT2D eigenvalue weighted by Gasteiger charge is 2.18. The number of aromatic nitrogens is 1. The number of rotatable bonds is 4. The first-order valence-electron chi connectivity index (χ1n) is 5.02. The van der Waals surface area contributed by atoms with Gasteiger partial charge in [-0.25, -0.2) is 0 Å². The monoisotopic (exact) mass is 224 g/mol. The molecule has 88 valence electrons. The maximum absolute atomic E-state index is 11.6. The van der Waals surface area contributed by atoms with Crippen LogP contribution in [-0.2, 0) is 11.3 Å². The van der Waals surface area contributed by atoms with Crippen molar-refractivity contribution in [2.75, 3.05) is 6.61 Å². The van der Waals surface area contributed by atoms with Crippen molar-refractivity contribution >= 4 is 5.91 Å². The van der Waals surface area contributed by atoms with Crippen molar-refractivity contribution in [1.82, 2.24) is 9.88 Å². The number of carbonyl (C=O) groups excluding carboxylic acids is 1. The number of amides is 1. The third-order valence-electron chi connectivity index (χ3n) is 2.09. The second kappa shape index (κ2) is 4.94.